The summed E-state index contributed by atoms with van der Waals surface area (Å²) in [5.41, 5.74) is 0.176. The van der Waals surface area contributed by atoms with Gasteiger partial charge in [-0.1, -0.05) is 12.1 Å². The summed E-state index contributed by atoms with van der Waals surface area (Å²) in [5.74, 6) is -1.75. The SMILES string of the molecule is CC(C)(C)OC(=O)C(COc1ccc2nn(COC(=O)N3CCC3)cc2c1)ON1C(=O)c2ccccc2C1=O. The smallest absolute Gasteiger partial charge is 0.411 e. The van der Waals surface area contributed by atoms with Crippen LogP contribution in [-0.4, -0.2) is 75.0 Å². The first-order valence-electron chi connectivity index (χ1n) is 12.5. The van der Waals surface area contributed by atoms with Gasteiger partial charge >= 0.3 is 12.1 Å². The van der Waals surface area contributed by atoms with Crippen LogP contribution in [0, 0.1) is 0 Å². The molecule has 204 valence electrons. The van der Waals surface area contributed by atoms with Crippen LogP contribution in [0.4, 0.5) is 4.79 Å². The summed E-state index contributed by atoms with van der Waals surface area (Å²) < 4.78 is 18.0. The van der Waals surface area contributed by atoms with Gasteiger partial charge in [-0.2, -0.15) is 5.10 Å². The van der Waals surface area contributed by atoms with E-state index in [2.05, 4.69) is 5.10 Å². The van der Waals surface area contributed by atoms with Crippen molar-refractivity contribution >= 4 is 34.8 Å². The van der Waals surface area contributed by atoms with E-state index in [9.17, 15) is 19.2 Å². The number of aromatic nitrogens is 2. The van der Waals surface area contributed by atoms with E-state index in [-0.39, 0.29) is 30.6 Å². The fourth-order valence-corrected chi connectivity index (χ4v) is 3.99. The topological polar surface area (TPSA) is 130 Å². The molecule has 0 saturated carbocycles. The van der Waals surface area contributed by atoms with Crippen LogP contribution in [0.2, 0.25) is 0 Å². The maximum absolute atomic E-state index is 12.9. The third-order valence-electron chi connectivity index (χ3n) is 6.02. The molecule has 2 aliphatic rings. The Labute approximate surface area is 223 Å². The number of benzene rings is 2. The Morgan fingerprint density at radius 1 is 1.03 bits per heavy atom. The zero-order chi connectivity index (χ0) is 27.7. The Morgan fingerprint density at radius 2 is 1.72 bits per heavy atom. The molecular formula is C27H28N4O8. The average molecular weight is 537 g/mol. The quantitative estimate of drug-likeness (QED) is 0.315. The van der Waals surface area contributed by atoms with Gasteiger partial charge in [-0.05, 0) is 57.5 Å². The van der Waals surface area contributed by atoms with Gasteiger partial charge in [0.05, 0.1) is 16.6 Å². The lowest BCUT2D eigenvalue weighted by atomic mass is 10.1. The Bertz CT molecular complexity index is 1400. The van der Waals surface area contributed by atoms with E-state index in [0.29, 0.717) is 34.8 Å². The van der Waals surface area contributed by atoms with E-state index < -0.39 is 29.5 Å². The number of amides is 3. The molecule has 12 nitrogen and oxygen atoms in total. The summed E-state index contributed by atoms with van der Waals surface area (Å²) >= 11 is 0. The van der Waals surface area contributed by atoms with Gasteiger partial charge in [-0.15, -0.1) is 5.06 Å². The van der Waals surface area contributed by atoms with Crippen LogP contribution in [0.3, 0.4) is 0 Å². The molecule has 3 aromatic rings. The van der Waals surface area contributed by atoms with E-state index in [1.54, 1.807) is 62.2 Å². The number of likely N-dealkylation sites (tertiary alicyclic amines) is 1. The number of ether oxygens (including phenoxy) is 3. The molecule has 0 aliphatic carbocycles. The molecule has 1 fully saturated rings. The van der Waals surface area contributed by atoms with Crippen molar-refractivity contribution in [1.29, 1.82) is 0 Å². The fraction of sp³-hybridized carbons (Fsp3) is 0.370. The second-order valence-corrected chi connectivity index (χ2v) is 10.2. The van der Waals surface area contributed by atoms with Gasteiger partial charge in [-0.3, -0.25) is 9.59 Å². The Morgan fingerprint density at radius 3 is 2.33 bits per heavy atom. The summed E-state index contributed by atoms with van der Waals surface area (Å²) in [6.07, 6.45) is 0.885. The highest BCUT2D eigenvalue weighted by molar-refractivity contribution is 6.20. The van der Waals surface area contributed by atoms with E-state index in [4.69, 9.17) is 19.0 Å². The number of rotatable bonds is 8. The largest absolute Gasteiger partial charge is 0.490 e. The van der Waals surface area contributed by atoms with Gasteiger partial charge in [0.2, 0.25) is 6.10 Å². The molecule has 0 radical (unpaired) electrons. The van der Waals surface area contributed by atoms with Crippen LogP contribution in [0.25, 0.3) is 10.9 Å². The summed E-state index contributed by atoms with van der Waals surface area (Å²) in [7, 11) is 0. The molecular weight excluding hydrogens is 508 g/mol. The number of esters is 1. The van der Waals surface area contributed by atoms with Gasteiger partial charge in [0.1, 0.15) is 18.0 Å². The van der Waals surface area contributed by atoms with Crippen molar-refractivity contribution in [3.05, 3.63) is 59.8 Å². The summed E-state index contributed by atoms with van der Waals surface area (Å²) in [6, 6.07) is 11.4. The van der Waals surface area contributed by atoms with Crippen LogP contribution in [0.5, 0.6) is 5.75 Å². The van der Waals surface area contributed by atoms with Crippen LogP contribution in [0.1, 0.15) is 47.9 Å². The maximum atomic E-state index is 12.9. The normalized spacial score (nSPS) is 15.7. The standard InChI is InChI=1S/C27H28N4O8/c1-27(2,3)38-25(34)22(39-31-23(32)19-7-4-5-8-20(19)24(31)33)15-36-18-9-10-21-17(13-18)14-30(28-21)16-37-26(35)29-11-6-12-29/h4-5,7-10,13-14,22H,6,11-12,15-16H2,1-3H3. The highest BCUT2D eigenvalue weighted by Crippen LogP contribution is 2.25. The van der Waals surface area contributed by atoms with Gasteiger partial charge in [0.25, 0.3) is 11.8 Å². The van der Waals surface area contributed by atoms with E-state index in [1.165, 1.54) is 16.8 Å². The van der Waals surface area contributed by atoms with Gasteiger partial charge < -0.3 is 19.1 Å². The molecule has 0 spiro atoms. The molecule has 5 rings (SSSR count). The van der Waals surface area contributed by atoms with Crippen LogP contribution in [-0.2, 0) is 25.8 Å². The van der Waals surface area contributed by atoms with Gasteiger partial charge in [-0.25, -0.2) is 19.1 Å². The Balaban J connectivity index is 1.27. The Hall–Kier alpha value is -4.45. The fourth-order valence-electron chi connectivity index (χ4n) is 3.99. The van der Waals surface area contributed by atoms with E-state index in [1.807, 2.05) is 0 Å². The first-order chi connectivity index (χ1) is 18.6. The number of hydroxylamine groups is 2. The predicted molar refractivity (Wildman–Crippen MR) is 136 cm³/mol. The minimum atomic E-state index is -1.41. The molecule has 2 aromatic carbocycles. The summed E-state index contributed by atoms with van der Waals surface area (Å²) in [4.78, 5) is 57.6. The monoisotopic (exact) mass is 536 g/mol. The zero-order valence-electron chi connectivity index (χ0n) is 21.8. The van der Waals surface area contributed by atoms with Crippen molar-refractivity contribution < 1.29 is 38.2 Å². The lowest BCUT2D eigenvalue weighted by Gasteiger charge is -2.29. The third kappa shape index (κ3) is 5.70. The first kappa shape index (κ1) is 26.2. The maximum Gasteiger partial charge on any atom is 0.411 e. The summed E-state index contributed by atoms with van der Waals surface area (Å²) in [5, 5.41) is 5.66. The second-order valence-electron chi connectivity index (χ2n) is 10.2. The first-order valence-corrected chi connectivity index (χ1v) is 12.5. The zero-order valence-corrected chi connectivity index (χ0v) is 21.8. The molecule has 1 saturated heterocycles. The van der Waals surface area contributed by atoms with Crippen molar-refractivity contribution in [3.63, 3.8) is 0 Å². The number of carbonyl (C=O) groups excluding carboxylic acids is 4. The van der Waals surface area contributed by atoms with E-state index in [0.717, 1.165) is 6.42 Å². The summed E-state index contributed by atoms with van der Waals surface area (Å²) in [6.45, 7) is 6.10. The molecule has 1 atom stereocenters. The van der Waals surface area contributed by atoms with Gasteiger partial charge in [0.15, 0.2) is 6.73 Å². The highest BCUT2D eigenvalue weighted by atomic mass is 16.7. The molecule has 1 aromatic heterocycles. The molecule has 3 amide bonds. The average Bonchev–Trinajstić information content (AvgIpc) is 3.36. The lowest BCUT2D eigenvalue weighted by Crippen LogP contribution is -2.43. The molecule has 1 unspecified atom stereocenters. The van der Waals surface area contributed by atoms with Gasteiger partial charge in [0, 0.05) is 24.7 Å². The minimum absolute atomic E-state index is 0.0327. The predicted octanol–water partition coefficient (Wildman–Crippen LogP) is 3.15. The number of hydrogen-bond donors (Lipinski definition) is 0. The van der Waals surface area contributed by atoms with Crippen molar-refractivity contribution in [2.75, 3.05) is 19.7 Å². The molecule has 3 heterocycles. The lowest BCUT2D eigenvalue weighted by molar-refractivity contribution is -0.193. The van der Waals surface area contributed by atoms with E-state index >= 15 is 0 Å². The number of nitrogens with zero attached hydrogens (tertiary/aromatic N) is 4. The molecule has 2 aliphatic heterocycles. The van der Waals surface area contributed by atoms with Crippen LogP contribution >= 0.6 is 0 Å². The van der Waals surface area contributed by atoms with Crippen molar-refractivity contribution in [2.24, 2.45) is 0 Å². The second kappa shape index (κ2) is 10.4. The van der Waals surface area contributed by atoms with Crippen LogP contribution < -0.4 is 4.74 Å². The molecule has 0 N–H and O–H groups in total. The number of hydrogen-bond acceptors (Lipinski definition) is 9. The molecule has 0 bridgehead atoms. The van der Waals surface area contributed by atoms with Crippen molar-refractivity contribution in [1.82, 2.24) is 19.7 Å². The molecule has 12 heteroatoms. The number of carbonyl (C=O) groups is 4. The van der Waals surface area contributed by atoms with Crippen molar-refractivity contribution in [3.8, 4) is 5.75 Å². The number of fused-ring (bicyclic) bond motifs is 2. The number of imide groups is 1. The highest BCUT2D eigenvalue weighted by Gasteiger charge is 2.40. The third-order valence-corrected chi connectivity index (χ3v) is 6.02. The molecule has 39 heavy (non-hydrogen) atoms. The Kier molecular flexibility index (Phi) is 6.96. The minimum Gasteiger partial charge on any atom is -0.490 e. The van der Waals surface area contributed by atoms with Crippen LogP contribution in [0.15, 0.2) is 48.7 Å². The van der Waals surface area contributed by atoms with Crippen molar-refractivity contribution in [2.45, 2.75) is 45.6 Å².